The van der Waals surface area contributed by atoms with Crippen molar-refractivity contribution in [1.29, 1.82) is 0 Å². The average molecular weight is 560 g/mol. The summed E-state index contributed by atoms with van der Waals surface area (Å²) in [6.45, 7) is 2.99. The van der Waals surface area contributed by atoms with E-state index in [0.717, 1.165) is 63.6 Å². The molecule has 0 radical (unpaired) electrons. The Labute approximate surface area is 244 Å². The number of hydrogen-bond acceptors (Lipinski definition) is 4. The van der Waals surface area contributed by atoms with Gasteiger partial charge in [-0.25, -0.2) is 4.79 Å². The van der Waals surface area contributed by atoms with Crippen molar-refractivity contribution in [2.24, 2.45) is 0 Å². The van der Waals surface area contributed by atoms with Crippen LogP contribution in [0.1, 0.15) is 67.6 Å². The summed E-state index contributed by atoms with van der Waals surface area (Å²) in [4.78, 5) is 43.6. The molecule has 0 saturated carbocycles. The molecule has 2 unspecified atom stereocenters. The van der Waals surface area contributed by atoms with Gasteiger partial charge in [-0.05, 0) is 74.6 Å². The van der Waals surface area contributed by atoms with Gasteiger partial charge in [0.05, 0.1) is 5.92 Å². The minimum atomic E-state index is -0.566. The SMILES string of the molecule is CN(C)C(=O)[C@@H]1CC2(CCN(C(=O)C(CCCc3ccccc3)NC(=O)NC3CCCNC3)CC2)c2ccccc21. The lowest BCUT2D eigenvalue weighted by molar-refractivity contribution is -0.135. The largest absolute Gasteiger partial charge is 0.348 e. The van der Waals surface area contributed by atoms with E-state index in [9.17, 15) is 14.4 Å². The Hall–Kier alpha value is -3.39. The number of nitrogens with zero attached hydrogens (tertiary/aromatic N) is 2. The zero-order chi connectivity index (χ0) is 28.8. The molecule has 1 spiro atoms. The molecule has 2 heterocycles. The highest BCUT2D eigenvalue weighted by Crippen LogP contribution is 2.52. The first-order valence-electron chi connectivity index (χ1n) is 15.3. The number of urea groups is 1. The minimum Gasteiger partial charge on any atom is -0.348 e. The maximum Gasteiger partial charge on any atom is 0.315 e. The number of carbonyl (C=O) groups excluding carboxylic acids is 3. The van der Waals surface area contributed by atoms with Crippen molar-refractivity contribution in [3.05, 3.63) is 71.3 Å². The van der Waals surface area contributed by atoms with E-state index in [1.54, 1.807) is 4.90 Å². The summed E-state index contributed by atoms with van der Waals surface area (Å²) in [5, 5.41) is 9.44. The van der Waals surface area contributed by atoms with E-state index in [-0.39, 0.29) is 35.2 Å². The number of fused-ring (bicyclic) bond motifs is 2. The summed E-state index contributed by atoms with van der Waals surface area (Å²) in [5.74, 6) is 0.0144. The highest BCUT2D eigenvalue weighted by atomic mass is 16.2. The molecule has 4 amide bonds. The standard InChI is InChI=1S/C33H45N5O3/c1-37(2)30(39)27-22-33(28-15-7-6-14-26(27)28)17-20-38(21-18-33)31(40)29(16-8-12-24-10-4-3-5-11-24)36-32(41)35-25-13-9-19-34-23-25/h3-7,10-11,14-15,25,27,29,34H,8-9,12-13,16-23H2,1-2H3,(H2,35,36,41)/t25?,27-,29?/m1/s1. The first kappa shape index (κ1) is 29.1. The second-order valence-corrected chi connectivity index (χ2v) is 12.3. The molecule has 8 nitrogen and oxygen atoms in total. The number of hydrogen-bond donors (Lipinski definition) is 3. The van der Waals surface area contributed by atoms with Gasteiger partial charge in [0.1, 0.15) is 6.04 Å². The number of nitrogens with one attached hydrogen (secondary N) is 3. The van der Waals surface area contributed by atoms with Crippen LogP contribution in [0.2, 0.25) is 0 Å². The van der Waals surface area contributed by atoms with Crippen molar-refractivity contribution in [1.82, 2.24) is 25.8 Å². The lowest BCUT2D eigenvalue weighted by atomic mass is 9.73. The van der Waals surface area contributed by atoms with Crippen molar-refractivity contribution in [3.63, 3.8) is 0 Å². The molecule has 2 aromatic carbocycles. The average Bonchev–Trinajstić information content (AvgIpc) is 3.31. The molecule has 2 aliphatic heterocycles. The maximum atomic E-state index is 13.9. The van der Waals surface area contributed by atoms with E-state index in [4.69, 9.17) is 0 Å². The molecular formula is C33H45N5O3. The Bertz CT molecular complexity index is 1200. The topological polar surface area (TPSA) is 93.8 Å². The van der Waals surface area contributed by atoms with E-state index in [2.05, 4.69) is 46.3 Å². The molecule has 3 atom stereocenters. The smallest absolute Gasteiger partial charge is 0.315 e. The number of likely N-dealkylation sites (N-methyl/N-ethyl adjacent to an activating group) is 1. The first-order chi connectivity index (χ1) is 19.9. The predicted octanol–water partition coefficient (Wildman–Crippen LogP) is 3.57. The Morgan fingerprint density at radius 2 is 1.78 bits per heavy atom. The van der Waals surface area contributed by atoms with E-state index in [0.29, 0.717) is 19.5 Å². The van der Waals surface area contributed by atoms with Gasteiger partial charge in [-0.2, -0.15) is 0 Å². The fourth-order valence-electron chi connectivity index (χ4n) is 7.05. The lowest BCUT2D eigenvalue weighted by Gasteiger charge is -2.41. The third-order valence-corrected chi connectivity index (χ3v) is 9.31. The van der Waals surface area contributed by atoms with Crippen LogP contribution in [0.25, 0.3) is 0 Å². The van der Waals surface area contributed by atoms with Gasteiger partial charge in [0, 0.05) is 45.2 Å². The number of benzene rings is 2. The number of carbonyl (C=O) groups is 3. The van der Waals surface area contributed by atoms with Gasteiger partial charge in [0.2, 0.25) is 11.8 Å². The predicted molar refractivity (Wildman–Crippen MR) is 161 cm³/mol. The van der Waals surface area contributed by atoms with Gasteiger partial charge in [-0.15, -0.1) is 0 Å². The van der Waals surface area contributed by atoms with Crippen LogP contribution in [0.15, 0.2) is 54.6 Å². The quantitative estimate of drug-likeness (QED) is 0.461. The van der Waals surface area contributed by atoms with Crippen LogP contribution in [0.5, 0.6) is 0 Å². The van der Waals surface area contributed by atoms with Crippen molar-refractivity contribution in [2.75, 3.05) is 40.3 Å². The summed E-state index contributed by atoms with van der Waals surface area (Å²) in [6.07, 6.45) is 6.68. The van der Waals surface area contributed by atoms with Crippen LogP contribution in [0.4, 0.5) is 4.79 Å². The zero-order valence-electron chi connectivity index (χ0n) is 24.5. The van der Waals surface area contributed by atoms with Crippen molar-refractivity contribution in [3.8, 4) is 0 Å². The van der Waals surface area contributed by atoms with Crippen LogP contribution in [-0.2, 0) is 21.4 Å². The molecule has 1 aliphatic carbocycles. The number of rotatable bonds is 8. The van der Waals surface area contributed by atoms with Gasteiger partial charge in [-0.3, -0.25) is 9.59 Å². The Morgan fingerprint density at radius 3 is 2.49 bits per heavy atom. The molecule has 41 heavy (non-hydrogen) atoms. The van der Waals surface area contributed by atoms with Crippen LogP contribution in [-0.4, -0.2) is 80.0 Å². The molecule has 2 aromatic rings. The number of piperidine rings is 2. The Balaban J connectivity index is 1.24. The molecule has 3 aliphatic rings. The van der Waals surface area contributed by atoms with Crippen LogP contribution in [0, 0.1) is 0 Å². The van der Waals surface area contributed by atoms with Crippen LogP contribution in [0.3, 0.4) is 0 Å². The molecule has 220 valence electrons. The molecule has 2 fully saturated rings. The van der Waals surface area contributed by atoms with Crippen molar-refractivity contribution < 1.29 is 14.4 Å². The molecule has 0 aromatic heterocycles. The third kappa shape index (κ3) is 6.75. The van der Waals surface area contributed by atoms with Crippen LogP contribution >= 0.6 is 0 Å². The summed E-state index contributed by atoms with van der Waals surface area (Å²) >= 11 is 0. The minimum absolute atomic E-state index is 0.00275. The molecule has 0 bridgehead atoms. The van der Waals surface area contributed by atoms with Gasteiger partial charge >= 0.3 is 6.03 Å². The van der Waals surface area contributed by atoms with Gasteiger partial charge in [0.15, 0.2) is 0 Å². The van der Waals surface area contributed by atoms with Gasteiger partial charge in [0.25, 0.3) is 0 Å². The molecule has 2 saturated heterocycles. The lowest BCUT2D eigenvalue weighted by Crippen LogP contribution is -2.56. The fraction of sp³-hybridized carbons (Fsp3) is 0.545. The van der Waals surface area contributed by atoms with Crippen molar-refractivity contribution in [2.45, 2.75) is 74.8 Å². The Morgan fingerprint density at radius 1 is 1.05 bits per heavy atom. The van der Waals surface area contributed by atoms with Gasteiger partial charge in [-0.1, -0.05) is 54.6 Å². The summed E-state index contributed by atoms with van der Waals surface area (Å²) < 4.78 is 0. The molecule has 3 N–H and O–H groups in total. The maximum absolute atomic E-state index is 13.9. The number of likely N-dealkylation sites (tertiary alicyclic amines) is 1. The second-order valence-electron chi connectivity index (χ2n) is 12.3. The highest BCUT2D eigenvalue weighted by molar-refractivity contribution is 5.87. The summed E-state index contributed by atoms with van der Waals surface area (Å²) in [6, 6.07) is 17.9. The monoisotopic (exact) mass is 559 g/mol. The normalized spacial score (nSPS) is 22.0. The van der Waals surface area contributed by atoms with Crippen LogP contribution < -0.4 is 16.0 Å². The number of amides is 4. The molecule has 8 heteroatoms. The summed E-state index contributed by atoms with van der Waals surface area (Å²) in [5.41, 5.74) is 3.55. The highest BCUT2D eigenvalue weighted by Gasteiger charge is 2.48. The molecular weight excluding hydrogens is 514 g/mol. The van der Waals surface area contributed by atoms with E-state index < -0.39 is 6.04 Å². The van der Waals surface area contributed by atoms with E-state index in [1.807, 2.05) is 43.3 Å². The van der Waals surface area contributed by atoms with E-state index >= 15 is 0 Å². The molecule has 5 rings (SSSR count). The van der Waals surface area contributed by atoms with Crippen molar-refractivity contribution >= 4 is 17.8 Å². The number of aryl methyl sites for hydroxylation is 1. The fourth-order valence-corrected chi connectivity index (χ4v) is 7.05. The van der Waals surface area contributed by atoms with E-state index in [1.165, 1.54) is 11.1 Å². The van der Waals surface area contributed by atoms with Gasteiger partial charge < -0.3 is 25.8 Å². The summed E-state index contributed by atoms with van der Waals surface area (Å²) in [7, 11) is 3.64. The second kappa shape index (κ2) is 13.1. The zero-order valence-corrected chi connectivity index (χ0v) is 24.5. The Kier molecular flexibility index (Phi) is 9.28. The third-order valence-electron chi connectivity index (χ3n) is 9.31. The first-order valence-corrected chi connectivity index (χ1v) is 15.3.